The summed E-state index contributed by atoms with van der Waals surface area (Å²) >= 11 is 2.07. The number of hydrogen-bond acceptors (Lipinski definition) is 4. The molecular weight excluding hydrogens is 557 g/mol. The molecule has 4 rings (SSSR count). The zero-order valence-electron chi connectivity index (χ0n) is 17.8. The number of carbonyl (C=O) groups is 3. The van der Waals surface area contributed by atoms with Crippen molar-refractivity contribution < 1.29 is 27.9 Å². The van der Waals surface area contributed by atoms with E-state index in [1.54, 1.807) is 30.3 Å². The van der Waals surface area contributed by atoms with Gasteiger partial charge in [-0.25, -0.2) is 18.5 Å². The van der Waals surface area contributed by atoms with Gasteiger partial charge in [0.15, 0.2) is 0 Å². The van der Waals surface area contributed by atoms with Crippen molar-refractivity contribution in [1.29, 1.82) is 0 Å². The number of urea groups is 1. The predicted octanol–water partition coefficient (Wildman–Crippen LogP) is 4.84. The highest BCUT2D eigenvalue weighted by Crippen LogP contribution is 2.31. The maximum Gasteiger partial charge on any atom is 0.336 e. The van der Waals surface area contributed by atoms with Crippen LogP contribution in [0.3, 0.4) is 0 Å². The van der Waals surface area contributed by atoms with Gasteiger partial charge in [-0.15, -0.1) is 0 Å². The summed E-state index contributed by atoms with van der Waals surface area (Å²) in [6, 6.07) is 14.0. The fraction of sp³-hybridized carbons (Fsp3) is 0.0800. The van der Waals surface area contributed by atoms with Crippen molar-refractivity contribution in [3.8, 4) is 5.75 Å². The molecule has 1 aliphatic heterocycles. The average Bonchev–Trinajstić information content (AvgIpc) is 2.80. The van der Waals surface area contributed by atoms with Crippen LogP contribution in [0.1, 0.15) is 16.7 Å². The van der Waals surface area contributed by atoms with Gasteiger partial charge in [-0.1, -0.05) is 30.3 Å². The minimum Gasteiger partial charge on any atom is -0.496 e. The van der Waals surface area contributed by atoms with Crippen LogP contribution in [0.15, 0.2) is 66.2 Å². The highest BCUT2D eigenvalue weighted by molar-refractivity contribution is 14.1. The molecule has 1 saturated heterocycles. The average molecular weight is 574 g/mol. The number of hydrogen-bond donors (Lipinski definition) is 1. The Bertz CT molecular complexity index is 1360. The molecule has 1 aliphatic rings. The number of nitrogens with zero attached hydrogens (tertiary/aromatic N) is 1. The lowest BCUT2D eigenvalue weighted by Gasteiger charge is -2.26. The fourth-order valence-corrected chi connectivity index (χ4v) is 4.39. The van der Waals surface area contributed by atoms with Crippen molar-refractivity contribution in [3.05, 3.63) is 98.1 Å². The molecule has 0 radical (unpaired) electrons. The van der Waals surface area contributed by atoms with E-state index in [1.165, 1.54) is 37.5 Å². The van der Waals surface area contributed by atoms with Gasteiger partial charge in [0.1, 0.15) is 23.0 Å². The summed E-state index contributed by atoms with van der Waals surface area (Å²) in [6.07, 6.45) is 1.58. The minimum atomic E-state index is -1.04. The second-order valence-electron chi connectivity index (χ2n) is 7.36. The smallest absolute Gasteiger partial charge is 0.336 e. The van der Waals surface area contributed by atoms with E-state index in [-0.39, 0.29) is 23.5 Å². The largest absolute Gasteiger partial charge is 0.496 e. The number of imide groups is 2. The van der Waals surface area contributed by atoms with Crippen LogP contribution in [0.2, 0.25) is 0 Å². The third kappa shape index (κ3) is 4.56. The van der Waals surface area contributed by atoms with Gasteiger partial charge in [-0.05, 0) is 70.1 Å². The monoisotopic (exact) mass is 574 g/mol. The molecule has 3 aromatic rings. The summed E-state index contributed by atoms with van der Waals surface area (Å²) < 4.78 is 34.6. The number of anilines is 1. The molecule has 6 nitrogen and oxygen atoms in total. The molecular formula is C25H17F2IN2O4. The number of benzene rings is 3. The molecule has 1 fully saturated rings. The molecule has 0 atom stereocenters. The van der Waals surface area contributed by atoms with Crippen LogP contribution < -0.4 is 15.0 Å². The van der Waals surface area contributed by atoms with Gasteiger partial charge in [0.2, 0.25) is 0 Å². The van der Waals surface area contributed by atoms with Crippen LogP contribution >= 0.6 is 22.6 Å². The van der Waals surface area contributed by atoms with Crippen LogP contribution in [-0.2, 0) is 16.0 Å². The zero-order chi connectivity index (χ0) is 24.4. The third-order valence-electron chi connectivity index (χ3n) is 5.23. The van der Waals surface area contributed by atoms with Crippen LogP contribution in [0, 0.1) is 15.2 Å². The highest BCUT2D eigenvalue weighted by atomic mass is 127. The molecule has 0 aliphatic carbocycles. The van der Waals surface area contributed by atoms with E-state index in [9.17, 15) is 23.2 Å². The van der Waals surface area contributed by atoms with Crippen molar-refractivity contribution in [2.45, 2.75) is 6.42 Å². The van der Waals surface area contributed by atoms with E-state index in [2.05, 4.69) is 27.9 Å². The summed E-state index contributed by atoms with van der Waals surface area (Å²) in [5.41, 5.74) is 1.06. The SMILES string of the molecule is COc1cc(/C=C2/C(=O)NC(=O)N(c3ccccc3F)C2=O)cc(I)c1Cc1ccccc1F. The Labute approximate surface area is 207 Å². The van der Waals surface area contributed by atoms with Crippen molar-refractivity contribution >= 4 is 52.2 Å². The molecule has 3 aromatic carbocycles. The van der Waals surface area contributed by atoms with Crippen LogP contribution in [-0.4, -0.2) is 25.0 Å². The number of rotatable bonds is 5. The number of amides is 4. The number of ether oxygens (including phenoxy) is 1. The van der Waals surface area contributed by atoms with E-state index >= 15 is 0 Å². The molecule has 1 N–H and O–H groups in total. The summed E-state index contributed by atoms with van der Waals surface area (Å²) in [4.78, 5) is 38.3. The van der Waals surface area contributed by atoms with Crippen molar-refractivity contribution in [2.75, 3.05) is 12.0 Å². The van der Waals surface area contributed by atoms with Gasteiger partial charge in [0.05, 0.1) is 12.8 Å². The van der Waals surface area contributed by atoms with Gasteiger partial charge in [0.25, 0.3) is 11.8 Å². The number of halogens is 3. The first kappa shape index (κ1) is 23.6. The predicted molar refractivity (Wildman–Crippen MR) is 130 cm³/mol. The van der Waals surface area contributed by atoms with Crippen LogP contribution in [0.4, 0.5) is 19.3 Å². The normalized spacial score (nSPS) is 15.0. The first-order valence-corrected chi connectivity index (χ1v) is 11.1. The van der Waals surface area contributed by atoms with Crippen molar-refractivity contribution in [3.63, 3.8) is 0 Å². The lowest BCUT2D eigenvalue weighted by Crippen LogP contribution is -2.54. The number of carbonyl (C=O) groups excluding carboxylic acids is 3. The van der Waals surface area contributed by atoms with Crippen LogP contribution in [0.5, 0.6) is 5.75 Å². The minimum absolute atomic E-state index is 0.268. The molecule has 0 unspecified atom stereocenters. The molecule has 0 spiro atoms. The summed E-state index contributed by atoms with van der Waals surface area (Å²) in [5.74, 6) is -2.54. The molecule has 172 valence electrons. The number of para-hydroxylation sites is 1. The second-order valence-corrected chi connectivity index (χ2v) is 8.52. The first-order valence-electron chi connectivity index (χ1n) is 10.1. The maximum atomic E-state index is 14.3. The maximum absolute atomic E-state index is 14.3. The fourth-order valence-electron chi connectivity index (χ4n) is 3.58. The van der Waals surface area contributed by atoms with Crippen molar-refractivity contribution in [1.82, 2.24) is 5.32 Å². The van der Waals surface area contributed by atoms with E-state index in [1.807, 2.05) is 0 Å². The first-order chi connectivity index (χ1) is 16.3. The lowest BCUT2D eigenvalue weighted by molar-refractivity contribution is -0.122. The second kappa shape index (κ2) is 9.72. The number of nitrogens with one attached hydrogen (secondary N) is 1. The topological polar surface area (TPSA) is 75.7 Å². The van der Waals surface area contributed by atoms with E-state index in [0.29, 0.717) is 21.8 Å². The Morgan fingerprint density at radius 3 is 2.35 bits per heavy atom. The Balaban J connectivity index is 1.73. The van der Waals surface area contributed by atoms with E-state index < -0.39 is 23.7 Å². The molecule has 0 aromatic heterocycles. The third-order valence-corrected chi connectivity index (χ3v) is 6.19. The molecule has 9 heteroatoms. The summed E-state index contributed by atoms with van der Waals surface area (Å²) in [6.45, 7) is 0. The summed E-state index contributed by atoms with van der Waals surface area (Å²) in [7, 11) is 1.46. The lowest BCUT2D eigenvalue weighted by atomic mass is 10.00. The van der Waals surface area contributed by atoms with E-state index in [4.69, 9.17) is 4.74 Å². The number of barbiturate groups is 1. The quantitative estimate of drug-likeness (QED) is 0.269. The van der Waals surface area contributed by atoms with E-state index in [0.717, 1.165) is 15.2 Å². The highest BCUT2D eigenvalue weighted by Gasteiger charge is 2.38. The molecule has 1 heterocycles. The standard InChI is InChI=1S/C25H17F2IN2O4/c1-34-22-12-14(11-20(28)16(22)13-15-6-2-3-7-18(15)26)10-17-23(31)29-25(33)30(24(17)32)21-9-5-4-8-19(21)27/h2-12H,13H2,1H3,(H,29,31,33)/b17-10-. The Hall–Kier alpha value is -3.60. The van der Waals surface area contributed by atoms with Crippen molar-refractivity contribution in [2.24, 2.45) is 0 Å². The summed E-state index contributed by atoms with van der Waals surface area (Å²) in [5, 5.41) is 2.07. The van der Waals surface area contributed by atoms with Crippen LogP contribution in [0.25, 0.3) is 6.08 Å². The van der Waals surface area contributed by atoms with Gasteiger partial charge in [-0.2, -0.15) is 0 Å². The van der Waals surface area contributed by atoms with Gasteiger partial charge >= 0.3 is 6.03 Å². The molecule has 4 amide bonds. The Morgan fingerprint density at radius 2 is 1.68 bits per heavy atom. The van der Waals surface area contributed by atoms with Gasteiger partial charge in [-0.3, -0.25) is 14.9 Å². The van der Waals surface area contributed by atoms with Gasteiger partial charge < -0.3 is 4.74 Å². The zero-order valence-corrected chi connectivity index (χ0v) is 19.9. The molecule has 0 bridgehead atoms. The van der Waals surface area contributed by atoms with Gasteiger partial charge in [0, 0.05) is 15.6 Å². The molecule has 0 saturated carbocycles. The Morgan fingerprint density at radius 1 is 1.00 bits per heavy atom. The Kier molecular flexibility index (Phi) is 6.73. The molecule has 34 heavy (non-hydrogen) atoms. The number of methoxy groups -OCH3 is 1.